The minimum Gasteiger partial charge on any atom is -0.507 e. The van der Waals surface area contributed by atoms with Gasteiger partial charge in [-0.25, -0.2) is 4.98 Å². The van der Waals surface area contributed by atoms with Gasteiger partial charge in [0, 0.05) is 17.1 Å². The molecule has 1 amide bonds. The van der Waals surface area contributed by atoms with Gasteiger partial charge >= 0.3 is 5.91 Å². The lowest BCUT2D eigenvalue weighted by Crippen LogP contribution is -2.29. The van der Waals surface area contributed by atoms with E-state index in [9.17, 15) is 14.7 Å². The van der Waals surface area contributed by atoms with Crippen LogP contribution in [0.15, 0.2) is 65.7 Å². The highest BCUT2D eigenvalue weighted by Crippen LogP contribution is 2.43. The number of thiazole rings is 1. The lowest BCUT2D eigenvalue weighted by molar-refractivity contribution is -0.132. The van der Waals surface area contributed by atoms with E-state index in [1.807, 2.05) is 6.92 Å². The molecule has 8 heteroatoms. The van der Waals surface area contributed by atoms with Crippen molar-refractivity contribution in [2.24, 2.45) is 0 Å². The van der Waals surface area contributed by atoms with E-state index in [4.69, 9.17) is 9.47 Å². The predicted molar refractivity (Wildman–Crippen MR) is 118 cm³/mol. The summed E-state index contributed by atoms with van der Waals surface area (Å²) in [7, 11) is 1.56. The van der Waals surface area contributed by atoms with Crippen LogP contribution in [0, 0.1) is 0 Å². The number of hydrogen-bond donors (Lipinski definition) is 1. The number of ketones is 1. The van der Waals surface area contributed by atoms with Crippen molar-refractivity contribution in [3.8, 4) is 11.5 Å². The zero-order valence-corrected chi connectivity index (χ0v) is 17.8. The smallest absolute Gasteiger partial charge is 0.301 e. The van der Waals surface area contributed by atoms with Crippen molar-refractivity contribution in [2.45, 2.75) is 13.0 Å². The number of aliphatic hydroxyl groups excluding tert-OH is 1. The van der Waals surface area contributed by atoms with E-state index >= 15 is 0 Å². The summed E-state index contributed by atoms with van der Waals surface area (Å²) in [5, 5.41) is 13.2. The molecule has 1 saturated heterocycles. The Hall–Kier alpha value is -3.65. The lowest BCUT2D eigenvalue weighted by Gasteiger charge is -2.23. The maximum atomic E-state index is 13.0. The summed E-state index contributed by atoms with van der Waals surface area (Å²) in [4.78, 5) is 31.5. The number of aliphatic hydroxyl groups is 1. The summed E-state index contributed by atoms with van der Waals surface area (Å²) in [6.07, 6.45) is 1.57. The number of anilines is 1. The molecule has 2 heterocycles. The van der Waals surface area contributed by atoms with Gasteiger partial charge in [0.1, 0.15) is 17.3 Å². The molecule has 1 aliphatic heterocycles. The van der Waals surface area contributed by atoms with Crippen molar-refractivity contribution in [1.29, 1.82) is 0 Å². The first-order chi connectivity index (χ1) is 15.0. The number of carbonyl (C=O) groups is 2. The maximum absolute atomic E-state index is 13.0. The minimum absolute atomic E-state index is 0.00882. The fourth-order valence-corrected chi connectivity index (χ4v) is 4.16. The number of hydrogen-bond acceptors (Lipinski definition) is 7. The highest BCUT2D eigenvalue weighted by atomic mass is 32.1. The van der Waals surface area contributed by atoms with Crippen molar-refractivity contribution in [3.63, 3.8) is 0 Å². The predicted octanol–water partition coefficient (Wildman–Crippen LogP) is 4.18. The normalized spacial score (nSPS) is 17.7. The molecule has 2 aromatic carbocycles. The van der Waals surface area contributed by atoms with Crippen LogP contribution >= 0.6 is 11.3 Å². The van der Waals surface area contributed by atoms with Gasteiger partial charge in [-0.1, -0.05) is 12.1 Å². The zero-order chi connectivity index (χ0) is 22.0. The number of methoxy groups -OCH3 is 1. The molecule has 1 fully saturated rings. The van der Waals surface area contributed by atoms with Gasteiger partial charge in [-0.05, 0) is 48.9 Å². The molecular weight excluding hydrogens is 416 g/mol. The van der Waals surface area contributed by atoms with Crippen LogP contribution in [0.3, 0.4) is 0 Å². The maximum Gasteiger partial charge on any atom is 0.301 e. The van der Waals surface area contributed by atoms with Crippen molar-refractivity contribution < 1.29 is 24.2 Å². The molecule has 7 nitrogen and oxygen atoms in total. The second kappa shape index (κ2) is 8.61. The summed E-state index contributed by atoms with van der Waals surface area (Å²) < 4.78 is 10.7. The Labute approximate surface area is 183 Å². The fraction of sp³-hybridized carbons (Fsp3) is 0.174. The van der Waals surface area contributed by atoms with Crippen molar-refractivity contribution in [3.05, 3.63) is 76.8 Å². The van der Waals surface area contributed by atoms with Gasteiger partial charge in [-0.15, -0.1) is 11.3 Å². The molecule has 0 spiro atoms. The van der Waals surface area contributed by atoms with Gasteiger partial charge in [-0.2, -0.15) is 0 Å². The number of amides is 1. The number of ether oxygens (including phenoxy) is 2. The van der Waals surface area contributed by atoms with E-state index in [0.29, 0.717) is 34.4 Å². The molecule has 0 bridgehead atoms. The third kappa shape index (κ3) is 3.77. The third-order valence-corrected chi connectivity index (χ3v) is 5.71. The van der Waals surface area contributed by atoms with Crippen LogP contribution in [-0.4, -0.2) is 35.5 Å². The van der Waals surface area contributed by atoms with Crippen LogP contribution in [0.1, 0.15) is 24.1 Å². The topological polar surface area (TPSA) is 89.0 Å². The molecule has 31 heavy (non-hydrogen) atoms. The number of benzene rings is 2. The van der Waals surface area contributed by atoms with Crippen LogP contribution < -0.4 is 14.4 Å². The molecule has 0 saturated carbocycles. The Balaban J connectivity index is 1.85. The van der Waals surface area contributed by atoms with Crippen LogP contribution in [0.4, 0.5) is 5.13 Å². The highest BCUT2D eigenvalue weighted by Gasteiger charge is 2.47. The quantitative estimate of drug-likeness (QED) is 0.354. The van der Waals surface area contributed by atoms with Gasteiger partial charge in [0.15, 0.2) is 5.13 Å². The fourth-order valence-electron chi connectivity index (χ4n) is 3.50. The first kappa shape index (κ1) is 20.6. The average molecular weight is 436 g/mol. The van der Waals surface area contributed by atoms with Gasteiger partial charge in [0.25, 0.3) is 5.78 Å². The third-order valence-electron chi connectivity index (χ3n) is 4.94. The van der Waals surface area contributed by atoms with E-state index in [0.717, 1.165) is 0 Å². The summed E-state index contributed by atoms with van der Waals surface area (Å²) in [6, 6.07) is 12.9. The first-order valence-corrected chi connectivity index (χ1v) is 10.5. The van der Waals surface area contributed by atoms with Crippen LogP contribution in [0.25, 0.3) is 5.76 Å². The first-order valence-electron chi connectivity index (χ1n) is 9.62. The number of carbonyl (C=O) groups excluding carboxylic acids is 2. The van der Waals surface area contributed by atoms with Gasteiger partial charge in [0.05, 0.1) is 25.3 Å². The average Bonchev–Trinajstić information content (AvgIpc) is 3.41. The van der Waals surface area contributed by atoms with E-state index in [-0.39, 0.29) is 11.3 Å². The Bertz CT molecular complexity index is 1120. The Kier molecular flexibility index (Phi) is 5.73. The van der Waals surface area contributed by atoms with Gasteiger partial charge < -0.3 is 14.6 Å². The second-order valence-corrected chi connectivity index (χ2v) is 7.59. The summed E-state index contributed by atoms with van der Waals surface area (Å²) in [5.41, 5.74) is 1.08. The molecular formula is C23H20N2O5S. The summed E-state index contributed by atoms with van der Waals surface area (Å²) >= 11 is 1.25. The van der Waals surface area contributed by atoms with E-state index in [1.54, 1.807) is 67.2 Å². The second-order valence-electron chi connectivity index (χ2n) is 6.71. The van der Waals surface area contributed by atoms with E-state index < -0.39 is 17.7 Å². The molecule has 1 N–H and O–H groups in total. The summed E-state index contributed by atoms with van der Waals surface area (Å²) in [5.74, 6) is -0.456. The number of Topliss-reactive ketones (excluding diaryl/α,β-unsaturated/α-hetero) is 1. The molecule has 158 valence electrons. The van der Waals surface area contributed by atoms with Crippen LogP contribution in [-0.2, 0) is 9.59 Å². The molecule has 0 radical (unpaired) electrons. The lowest BCUT2D eigenvalue weighted by atomic mass is 9.95. The molecule has 4 rings (SSSR count). The minimum atomic E-state index is -0.816. The Morgan fingerprint density at radius 2 is 1.77 bits per heavy atom. The van der Waals surface area contributed by atoms with Crippen molar-refractivity contribution >= 4 is 33.9 Å². The highest BCUT2D eigenvalue weighted by molar-refractivity contribution is 7.14. The number of aromatic nitrogens is 1. The summed E-state index contributed by atoms with van der Waals surface area (Å²) in [6.45, 7) is 2.39. The van der Waals surface area contributed by atoms with Crippen LogP contribution in [0.2, 0.25) is 0 Å². The standard InChI is InChI=1S/C23H20N2O5S/c1-3-30-17-10-6-15(7-11-17)20(26)18-19(14-4-8-16(29-2)9-5-14)25(22(28)21(18)27)23-24-12-13-31-23/h4-13,19,26H,3H2,1-2H3/t19-/m0/s1. The van der Waals surface area contributed by atoms with Crippen molar-refractivity contribution in [1.82, 2.24) is 4.98 Å². The van der Waals surface area contributed by atoms with E-state index in [2.05, 4.69) is 4.98 Å². The number of nitrogens with zero attached hydrogens (tertiary/aromatic N) is 2. The molecule has 1 aliphatic rings. The molecule has 1 aromatic heterocycles. The monoisotopic (exact) mass is 436 g/mol. The molecule has 0 aliphatic carbocycles. The molecule has 0 unspecified atom stereocenters. The Morgan fingerprint density at radius 3 is 2.35 bits per heavy atom. The largest absolute Gasteiger partial charge is 0.507 e. The molecule has 3 aromatic rings. The van der Waals surface area contributed by atoms with Crippen LogP contribution in [0.5, 0.6) is 11.5 Å². The number of rotatable bonds is 6. The van der Waals surface area contributed by atoms with Crippen molar-refractivity contribution in [2.75, 3.05) is 18.6 Å². The van der Waals surface area contributed by atoms with Gasteiger partial charge in [-0.3, -0.25) is 14.5 Å². The van der Waals surface area contributed by atoms with E-state index in [1.165, 1.54) is 16.2 Å². The SMILES string of the molecule is CCOc1ccc(C(O)=C2C(=O)C(=O)N(c3nccs3)[C@H]2c2ccc(OC)cc2)cc1. The van der Waals surface area contributed by atoms with Gasteiger partial charge in [0.2, 0.25) is 0 Å². The Morgan fingerprint density at radius 1 is 1.10 bits per heavy atom. The molecule has 1 atom stereocenters. The zero-order valence-electron chi connectivity index (χ0n) is 16.9.